The van der Waals surface area contributed by atoms with Crippen LogP contribution in [0.2, 0.25) is 0 Å². The van der Waals surface area contributed by atoms with Crippen molar-refractivity contribution in [2.75, 3.05) is 20.3 Å². The second-order valence-electron chi connectivity index (χ2n) is 4.28. The van der Waals surface area contributed by atoms with Crippen molar-refractivity contribution in [1.82, 2.24) is 5.32 Å². The Morgan fingerprint density at radius 1 is 1.09 bits per heavy atom. The molecule has 1 rings (SSSR count). The van der Waals surface area contributed by atoms with Gasteiger partial charge in [-0.25, -0.2) is 9.59 Å². The van der Waals surface area contributed by atoms with Crippen LogP contribution in [0.5, 0.6) is 5.75 Å². The van der Waals surface area contributed by atoms with E-state index in [4.69, 9.17) is 9.47 Å². The van der Waals surface area contributed by atoms with E-state index in [1.807, 2.05) is 18.2 Å². The molecule has 1 aromatic carbocycles. The van der Waals surface area contributed by atoms with Crippen molar-refractivity contribution in [3.63, 3.8) is 0 Å². The van der Waals surface area contributed by atoms with Crippen LogP contribution in [0.15, 0.2) is 36.4 Å². The lowest BCUT2D eigenvalue weighted by molar-refractivity contribution is -0.144. The highest BCUT2D eigenvalue weighted by Crippen LogP contribution is 2.16. The second-order valence-corrected chi connectivity index (χ2v) is 4.28. The van der Waals surface area contributed by atoms with E-state index in [9.17, 15) is 14.4 Å². The topological polar surface area (TPSA) is 90.9 Å². The molecule has 0 unspecified atom stereocenters. The highest BCUT2D eigenvalue weighted by atomic mass is 16.5. The Morgan fingerprint density at radius 2 is 1.74 bits per heavy atom. The lowest BCUT2D eigenvalue weighted by atomic mass is 10.2. The maximum atomic E-state index is 11.6. The van der Waals surface area contributed by atoms with Crippen LogP contribution in [0, 0.1) is 0 Å². The molecule has 0 atom stereocenters. The largest absolute Gasteiger partial charge is 0.496 e. The maximum Gasteiger partial charge on any atom is 0.331 e. The average molecular weight is 321 g/mol. The fourth-order valence-electron chi connectivity index (χ4n) is 1.61. The van der Waals surface area contributed by atoms with E-state index in [0.29, 0.717) is 5.75 Å². The smallest absolute Gasteiger partial charge is 0.331 e. The number of ether oxygens (including phenoxy) is 3. The number of methoxy groups -OCH3 is 1. The Bertz CT molecular complexity index is 582. The van der Waals surface area contributed by atoms with Gasteiger partial charge in [0.05, 0.1) is 13.7 Å². The van der Waals surface area contributed by atoms with E-state index in [1.54, 1.807) is 13.0 Å². The molecule has 1 amide bonds. The van der Waals surface area contributed by atoms with Gasteiger partial charge in [0, 0.05) is 24.3 Å². The van der Waals surface area contributed by atoms with Gasteiger partial charge in [-0.05, 0) is 13.0 Å². The summed E-state index contributed by atoms with van der Waals surface area (Å²) in [4.78, 5) is 33.9. The molecule has 0 radical (unpaired) electrons. The normalized spacial score (nSPS) is 10.2. The molecule has 7 nitrogen and oxygen atoms in total. The van der Waals surface area contributed by atoms with Gasteiger partial charge in [-0.1, -0.05) is 18.2 Å². The van der Waals surface area contributed by atoms with Crippen molar-refractivity contribution >= 4 is 17.8 Å². The molecule has 0 saturated heterocycles. The SMILES string of the molecule is CCOC(=O)/C=C/C(=O)OCC(=O)NCc1ccccc1OC. The number of esters is 2. The summed E-state index contributed by atoms with van der Waals surface area (Å²) < 4.78 is 14.5. The van der Waals surface area contributed by atoms with Gasteiger partial charge < -0.3 is 19.5 Å². The quantitative estimate of drug-likeness (QED) is 0.567. The number of benzene rings is 1. The maximum absolute atomic E-state index is 11.6. The third-order valence-corrected chi connectivity index (χ3v) is 2.66. The van der Waals surface area contributed by atoms with Crippen LogP contribution in [0.4, 0.5) is 0 Å². The lowest BCUT2D eigenvalue weighted by Gasteiger charge is -2.09. The summed E-state index contributed by atoms with van der Waals surface area (Å²) in [5, 5.41) is 2.60. The summed E-state index contributed by atoms with van der Waals surface area (Å²) in [6.07, 6.45) is 1.85. The average Bonchev–Trinajstić information content (AvgIpc) is 2.56. The van der Waals surface area contributed by atoms with Crippen molar-refractivity contribution in [1.29, 1.82) is 0 Å². The van der Waals surface area contributed by atoms with Crippen LogP contribution in [0.3, 0.4) is 0 Å². The number of hydrogen-bond acceptors (Lipinski definition) is 6. The molecule has 23 heavy (non-hydrogen) atoms. The van der Waals surface area contributed by atoms with Crippen molar-refractivity contribution in [3.8, 4) is 5.75 Å². The van der Waals surface area contributed by atoms with Crippen LogP contribution in [-0.4, -0.2) is 38.2 Å². The Hall–Kier alpha value is -2.83. The molecule has 0 aliphatic carbocycles. The molecule has 124 valence electrons. The van der Waals surface area contributed by atoms with Gasteiger partial charge in [0.2, 0.25) is 0 Å². The number of hydrogen-bond donors (Lipinski definition) is 1. The van der Waals surface area contributed by atoms with Gasteiger partial charge in [0.25, 0.3) is 5.91 Å². The molecular weight excluding hydrogens is 302 g/mol. The van der Waals surface area contributed by atoms with Gasteiger partial charge in [-0.15, -0.1) is 0 Å². The molecule has 0 spiro atoms. The molecule has 7 heteroatoms. The van der Waals surface area contributed by atoms with Gasteiger partial charge in [-0.2, -0.15) is 0 Å². The monoisotopic (exact) mass is 321 g/mol. The number of para-hydroxylation sites is 1. The zero-order chi connectivity index (χ0) is 17.1. The van der Waals surface area contributed by atoms with Gasteiger partial charge in [0.1, 0.15) is 5.75 Å². The Morgan fingerprint density at radius 3 is 2.39 bits per heavy atom. The summed E-state index contributed by atoms with van der Waals surface area (Å²) in [6.45, 7) is 1.67. The minimum Gasteiger partial charge on any atom is -0.496 e. The number of amides is 1. The van der Waals surface area contributed by atoms with E-state index < -0.39 is 24.5 Å². The standard InChI is InChI=1S/C16H19NO6/c1-3-22-15(19)8-9-16(20)23-11-14(18)17-10-12-6-4-5-7-13(12)21-2/h4-9H,3,10-11H2,1-2H3,(H,17,18)/b9-8+. The molecule has 0 aromatic heterocycles. The van der Waals surface area contributed by atoms with Gasteiger partial charge >= 0.3 is 11.9 Å². The summed E-state index contributed by atoms with van der Waals surface area (Å²) in [7, 11) is 1.54. The number of carbonyl (C=O) groups is 3. The summed E-state index contributed by atoms with van der Waals surface area (Å²) in [6, 6.07) is 7.24. The molecule has 0 aliphatic heterocycles. The van der Waals surface area contributed by atoms with Crippen molar-refractivity contribution in [2.45, 2.75) is 13.5 Å². The summed E-state index contributed by atoms with van der Waals surface area (Å²) in [5.41, 5.74) is 0.803. The van der Waals surface area contributed by atoms with E-state index in [2.05, 4.69) is 10.1 Å². The molecule has 0 saturated carbocycles. The Kier molecular flexibility index (Phi) is 7.91. The van der Waals surface area contributed by atoms with Crippen molar-refractivity contribution in [2.24, 2.45) is 0 Å². The first kappa shape index (κ1) is 18.2. The molecule has 0 heterocycles. The zero-order valence-corrected chi connectivity index (χ0v) is 13.0. The number of rotatable bonds is 8. The van der Waals surface area contributed by atoms with E-state index in [1.165, 1.54) is 7.11 Å². The first-order chi connectivity index (χ1) is 11.1. The fourth-order valence-corrected chi connectivity index (χ4v) is 1.61. The molecule has 0 aliphatic rings. The highest BCUT2D eigenvalue weighted by molar-refractivity contribution is 5.92. The predicted octanol–water partition coefficient (Wildman–Crippen LogP) is 0.974. The summed E-state index contributed by atoms with van der Waals surface area (Å²) >= 11 is 0. The minimum atomic E-state index is -0.800. The number of nitrogens with one attached hydrogen (secondary N) is 1. The first-order valence-corrected chi connectivity index (χ1v) is 6.97. The lowest BCUT2D eigenvalue weighted by Crippen LogP contribution is -2.28. The molecule has 1 aromatic rings. The Labute approximate surface area is 134 Å². The molecule has 0 bridgehead atoms. The molecule has 0 fully saturated rings. The van der Waals surface area contributed by atoms with E-state index in [-0.39, 0.29) is 13.2 Å². The van der Waals surface area contributed by atoms with Crippen LogP contribution < -0.4 is 10.1 Å². The molecule has 1 N–H and O–H groups in total. The highest BCUT2D eigenvalue weighted by Gasteiger charge is 2.07. The van der Waals surface area contributed by atoms with Gasteiger partial charge in [-0.3, -0.25) is 4.79 Å². The third kappa shape index (κ3) is 7.12. The van der Waals surface area contributed by atoms with Crippen LogP contribution in [0.25, 0.3) is 0 Å². The predicted molar refractivity (Wildman–Crippen MR) is 81.6 cm³/mol. The Balaban J connectivity index is 2.34. The zero-order valence-electron chi connectivity index (χ0n) is 13.0. The van der Waals surface area contributed by atoms with E-state index in [0.717, 1.165) is 17.7 Å². The second kappa shape index (κ2) is 9.99. The van der Waals surface area contributed by atoms with E-state index >= 15 is 0 Å². The first-order valence-electron chi connectivity index (χ1n) is 6.97. The summed E-state index contributed by atoms with van der Waals surface area (Å²) in [5.74, 6) is -1.26. The van der Waals surface area contributed by atoms with Crippen LogP contribution >= 0.6 is 0 Å². The van der Waals surface area contributed by atoms with Crippen molar-refractivity contribution in [3.05, 3.63) is 42.0 Å². The number of carbonyl (C=O) groups excluding carboxylic acids is 3. The van der Waals surface area contributed by atoms with Crippen LogP contribution in [0.1, 0.15) is 12.5 Å². The van der Waals surface area contributed by atoms with Crippen LogP contribution in [-0.2, 0) is 30.4 Å². The molecular formula is C16H19NO6. The fraction of sp³-hybridized carbons (Fsp3) is 0.312. The van der Waals surface area contributed by atoms with Crippen molar-refractivity contribution < 1.29 is 28.6 Å². The van der Waals surface area contributed by atoms with Gasteiger partial charge in [0.15, 0.2) is 6.61 Å². The third-order valence-electron chi connectivity index (χ3n) is 2.66. The minimum absolute atomic E-state index is 0.212.